The number of ether oxygens (including phenoxy) is 2. The third-order valence-corrected chi connectivity index (χ3v) is 3.87. The Bertz CT molecular complexity index is 714. The Hall–Kier alpha value is -1.47. The average molecular weight is 418 g/mol. The van der Waals surface area contributed by atoms with Gasteiger partial charge in [0.25, 0.3) is 0 Å². The van der Waals surface area contributed by atoms with Gasteiger partial charge >= 0.3 is 0 Å². The summed E-state index contributed by atoms with van der Waals surface area (Å²) in [6.45, 7) is 0.372. The van der Waals surface area contributed by atoms with E-state index in [-0.39, 0.29) is 0 Å². The zero-order valence-electron chi connectivity index (χ0n) is 11.5. The molecule has 0 fully saturated rings. The van der Waals surface area contributed by atoms with Crippen LogP contribution in [0.4, 0.5) is 0 Å². The summed E-state index contributed by atoms with van der Waals surface area (Å²) >= 11 is 6.62. The highest BCUT2D eigenvalue weighted by atomic mass is 79.9. The van der Waals surface area contributed by atoms with Crippen LogP contribution in [0.15, 0.2) is 44.4 Å². The van der Waals surface area contributed by atoms with Crippen molar-refractivity contribution in [2.45, 2.75) is 6.54 Å². The Morgan fingerprint density at radius 3 is 2.57 bits per heavy atom. The first-order valence-electron chi connectivity index (χ1n) is 6.04. The number of rotatable bonds is 4. The molecule has 2 aromatic rings. The molecule has 0 saturated heterocycles. The van der Waals surface area contributed by atoms with E-state index in [1.54, 1.807) is 32.4 Å². The molecule has 0 aliphatic rings. The summed E-state index contributed by atoms with van der Waals surface area (Å²) in [5.74, 6) is 1.41. The van der Waals surface area contributed by atoms with Gasteiger partial charge in [-0.05, 0) is 40.2 Å². The second-order valence-corrected chi connectivity index (χ2v) is 5.89. The Morgan fingerprint density at radius 1 is 1.14 bits per heavy atom. The van der Waals surface area contributed by atoms with Crippen LogP contribution in [-0.2, 0) is 6.54 Å². The molecule has 1 aromatic heterocycles. The first-order chi connectivity index (χ1) is 10.0. The number of methoxy groups -OCH3 is 2. The fraction of sp³-hybridized carbons (Fsp3) is 0.214. The number of hydrogen-bond acceptors (Lipinski definition) is 4. The Kier molecular flexibility index (Phi) is 5.30. The second kappa shape index (κ2) is 7.00. The molecule has 0 atom stereocenters. The zero-order chi connectivity index (χ0) is 15.4. The van der Waals surface area contributed by atoms with E-state index in [0.717, 1.165) is 20.5 Å². The molecular weight excluding hydrogens is 404 g/mol. The lowest BCUT2D eigenvalue weighted by atomic mass is 10.2. The van der Waals surface area contributed by atoms with Gasteiger partial charge in [-0.25, -0.2) is 0 Å². The molecule has 21 heavy (non-hydrogen) atoms. The van der Waals surface area contributed by atoms with Crippen molar-refractivity contribution in [2.24, 2.45) is 4.99 Å². The Morgan fingerprint density at radius 2 is 1.90 bits per heavy atom. The van der Waals surface area contributed by atoms with Gasteiger partial charge in [0, 0.05) is 16.1 Å². The third kappa shape index (κ3) is 3.79. The maximum Gasteiger partial charge on any atom is 0.166 e. The molecule has 1 heterocycles. The van der Waals surface area contributed by atoms with Crippen LogP contribution in [0, 0.1) is 0 Å². The van der Waals surface area contributed by atoms with E-state index in [9.17, 15) is 5.21 Å². The third-order valence-electron chi connectivity index (χ3n) is 2.85. The van der Waals surface area contributed by atoms with E-state index in [1.165, 1.54) is 0 Å². The molecule has 0 amide bonds. The highest BCUT2D eigenvalue weighted by Crippen LogP contribution is 2.25. The molecule has 0 aliphatic heterocycles. The van der Waals surface area contributed by atoms with Crippen molar-refractivity contribution in [3.8, 4) is 11.5 Å². The van der Waals surface area contributed by atoms with Gasteiger partial charge in [-0.2, -0.15) is 4.73 Å². The van der Waals surface area contributed by atoms with Crippen molar-refractivity contribution in [2.75, 3.05) is 14.2 Å². The monoisotopic (exact) mass is 416 g/mol. The lowest BCUT2D eigenvalue weighted by molar-refractivity contribution is 0.164. The molecule has 0 radical (unpaired) electrons. The quantitative estimate of drug-likeness (QED) is 0.612. The average Bonchev–Trinajstić information content (AvgIpc) is 2.49. The van der Waals surface area contributed by atoms with Crippen LogP contribution in [-0.4, -0.2) is 24.2 Å². The molecule has 0 saturated carbocycles. The summed E-state index contributed by atoms with van der Waals surface area (Å²) in [7, 11) is 3.20. The lowest BCUT2D eigenvalue weighted by Gasteiger charge is -2.09. The molecule has 5 nitrogen and oxygen atoms in total. The summed E-state index contributed by atoms with van der Waals surface area (Å²) in [5, 5.41) is 9.91. The van der Waals surface area contributed by atoms with Crippen LogP contribution >= 0.6 is 31.9 Å². The maximum atomic E-state index is 9.91. The van der Waals surface area contributed by atoms with Crippen LogP contribution in [0.1, 0.15) is 5.56 Å². The largest absolute Gasteiger partial charge is 0.497 e. The number of aromatic nitrogens is 1. The molecule has 112 valence electrons. The minimum atomic E-state index is 0.372. The summed E-state index contributed by atoms with van der Waals surface area (Å²) < 4.78 is 12.8. The summed E-state index contributed by atoms with van der Waals surface area (Å²) in [6, 6.07) is 8.98. The Balaban J connectivity index is 2.37. The van der Waals surface area contributed by atoms with Crippen LogP contribution < -0.4 is 15.0 Å². The van der Waals surface area contributed by atoms with Gasteiger partial charge in [-0.15, -0.1) is 0 Å². The molecule has 0 spiro atoms. The minimum absolute atomic E-state index is 0.372. The maximum absolute atomic E-state index is 9.91. The highest BCUT2D eigenvalue weighted by molar-refractivity contribution is 9.11. The molecule has 1 N–H and O–H groups in total. The number of benzene rings is 1. The van der Waals surface area contributed by atoms with Gasteiger partial charge < -0.3 is 14.7 Å². The van der Waals surface area contributed by atoms with Crippen molar-refractivity contribution in [1.29, 1.82) is 0 Å². The predicted molar refractivity (Wildman–Crippen MR) is 85.8 cm³/mol. The molecule has 1 aromatic carbocycles. The van der Waals surface area contributed by atoms with E-state index < -0.39 is 0 Å². The number of hydrogen-bond donors (Lipinski definition) is 1. The van der Waals surface area contributed by atoms with Crippen LogP contribution in [0.5, 0.6) is 11.5 Å². The molecule has 2 rings (SSSR count). The fourth-order valence-corrected chi connectivity index (χ4v) is 2.93. The van der Waals surface area contributed by atoms with Gasteiger partial charge in [-0.3, -0.25) is 4.99 Å². The second-order valence-electron chi connectivity index (χ2n) is 4.16. The van der Waals surface area contributed by atoms with Crippen molar-refractivity contribution < 1.29 is 14.7 Å². The normalized spacial score (nSPS) is 11.5. The van der Waals surface area contributed by atoms with Gasteiger partial charge in [0.15, 0.2) is 5.49 Å². The van der Waals surface area contributed by atoms with Crippen molar-refractivity contribution in [3.63, 3.8) is 0 Å². The smallest absolute Gasteiger partial charge is 0.166 e. The van der Waals surface area contributed by atoms with E-state index >= 15 is 0 Å². The van der Waals surface area contributed by atoms with E-state index in [2.05, 4.69) is 36.9 Å². The lowest BCUT2D eigenvalue weighted by Crippen LogP contribution is -2.19. The van der Waals surface area contributed by atoms with Crippen LogP contribution in [0.2, 0.25) is 0 Å². The highest BCUT2D eigenvalue weighted by Gasteiger charge is 2.05. The minimum Gasteiger partial charge on any atom is -0.497 e. The van der Waals surface area contributed by atoms with Crippen LogP contribution in [0.3, 0.4) is 0 Å². The molecule has 0 bridgehead atoms. The Labute approximate surface area is 139 Å². The SMILES string of the molecule is COc1ccc(CN=c2cc(Br)cc(Br)n2O)c(OC)c1. The molecular formula is C14H14Br2N2O3. The van der Waals surface area contributed by atoms with Crippen LogP contribution in [0.25, 0.3) is 0 Å². The fourth-order valence-electron chi connectivity index (χ4n) is 1.77. The number of halogens is 2. The van der Waals surface area contributed by atoms with Crippen molar-refractivity contribution >= 4 is 31.9 Å². The standard InChI is InChI=1S/C14H14Br2N2O3/c1-20-11-4-3-9(12(7-11)21-2)8-17-14-6-10(15)5-13(16)18(14)19/h3-7,19H,8H2,1-2H3. The van der Waals surface area contributed by atoms with Crippen molar-refractivity contribution in [1.82, 2.24) is 4.73 Å². The van der Waals surface area contributed by atoms with Gasteiger partial charge in [0.05, 0.1) is 20.8 Å². The number of pyridine rings is 1. The van der Waals surface area contributed by atoms with E-state index in [0.29, 0.717) is 22.4 Å². The van der Waals surface area contributed by atoms with Gasteiger partial charge in [0.2, 0.25) is 0 Å². The van der Waals surface area contributed by atoms with Crippen molar-refractivity contribution in [3.05, 3.63) is 50.5 Å². The predicted octanol–water partition coefficient (Wildman–Crippen LogP) is 3.37. The summed E-state index contributed by atoms with van der Waals surface area (Å²) in [4.78, 5) is 4.39. The topological polar surface area (TPSA) is 56.0 Å². The van der Waals surface area contributed by atoms with E-state index in [4.69, 9.17) is 9.47 Å². The first-order valence-corrected chi connectivity index (χ1v) is 7.62. The number of nitrogens with zero attached hydrogens (tertiary/aromatic N) is 2. The molecule has 0 aliphatic carbocycles. The first kappa shape index (κ1) is 15.9. The van der Waals surface area contributed by atoms with Gasteiger partial charge in [-0.1, -0.05) is 15.9 Å². The molecule has 7 heteroatoms. The molecule has 0 unspecified atom stereocenters. The van der Waals surface area contributed by atoms with Gasteiger partial charge in [0.1, 0.15) is 16.1 Å². The summed E-state index contributed by atoms with van der Waals surface area (Å²) in [6.07, 6.45) is 0. The van der Waals surface area contributed by atoms with E-state index in [1.807, 2.05) is 12.1 Å². The summed E-state index contributed by atoms with van der Waals surface area (Å²) in [5.41, 5.74) is 1.32. The zero-order valence-corrected chi connectivity index (χ0v) is 14.7.